The van der Waals surface area contributed by atoms with Gasteiger partial charge < -0.3 is 16.0 Å². The number of hydrogen-bond donors (Lipinski definition) is 3. The summed E-state index contributed by atoms with van der Waals surface area (Å²) >= 11 is 0. The Kier molecular flexibility index (Phi) is 5.96. The summed E-state index contributed by atoms with van der Waals surface area (Å²) in [6.45, 7) is 5.56. The van der Waals surface area contributed by atoms with Crippen LogP contribution in [0.25, 0.3) is 0 Å². The zero-order valence-electron chi connectivity index (χ0n) is 15.8. The van der Waals surface area contributed by atoms with Gasteiger partial charge in [-0.25, -0.2) is 0 Å². The molecule has 2 heterocycles. The van der Waals surface area contributed by atoms with Gasteiger partial charge in [-0.15, -0.1) is 0 Å². The smallest absolute Gasteiger partial charge is 0.248 e. The Bertz CT molecular complexity index is 607. The van der Waals surface area contributed by atoms with Gasteiger partial charge in [-0.3, -0.25) is 14.3 Å². The summed E-state index contributed by atoms with van der Waals surface area (Å²) in [6.07, 6.45) is 8.59. The van der Waals surface area contributed by atoms with Crippen LogP contribution in [-0.4, -0.2) is 46.8 Å². The standard InChI is InChI=1S/C19H31N5O2/c1-14(2)22-17(25)15-5-3-6-16(13-15)23-18(26)19(7-10-20-11-8-19)24-12-4-9-21-24/h4,9,12,14-16,20H,3,5-8,10-11,13H2,1-2H3,(H,22,25)(H,23,26). The molecule has 0 radical (unpaired) electrons. The third-order valence-corrected chi connectivity index (χ3v) is 5.61. The Balaban J connectivity index is 1.66. The lowest BCUT2D eigenvalue weighted by molar-refractivity contribution is -0.134. The van der Waals surface area contributed by atoms with Crippen LogP contribution in [-0.2, 0) is 15.1 Å². The van der Waals surface area contributed by atoms with Crippen molar-refractivity contribution < 1.29 is 9.59 Å². The van der Waals surface area contributed by atoms with Crippen molar-refractivity contribution in [3.8, 4) is 0 Å². The molecule has 1 saturated heterocycles. The van der Waals surface area contributed by atoms with Crippen molar-refractivity contribution in [2.45, 2.75) is 70.0 Å². The predicted octanol–water partition coefficient (Wildman–Crippen LogP) is 1.16. The summed E-state index contributed by atoms with van der Waals surface area (Å²) in [7, 11) is 0. The zero-order valence-corrected chi connectivity index (χ0v) is 15.8. The third-order valence-electron chi connectivity index (χ3n) is 5.61. The maximum atomic E-state index is 13.2. The Morgan fingerprint density at radius 2 is 2.04 bits per heavy atom. The highest BCUT2D eigenvalue weighted by Crippen LogP contribution is 2.30. The van der Waals surface area contributed by atoms with E-state index in [-0.39, 0.29) is 29.8 Å². The molecule has 3 N–H and O–H groups in total. The molecule has 2 fully saturated rings. The molecule has 1 aliphatic heterocycles. The summed E-state index contributed by atoms with van der Waals surface area (Å²) in [6, 6.07) is 2.07. The Labute approximate surface area is 155 Å². The van der Waals surface area contributed by atoms with Gasteiger partial charge >= 0.3 is 0 Å². The fourth-order valence-corrected chi connectivity index (χ4v) is 4.20. The fourth-order valence-electron chi connectivity index (χ4n) is 4.20. The van der Waals surface area contributed by atoms with Crippen LogP contribution in [0.5, 0.6) is 0 Å². The number of piperidine rings is 1. The van der Waals surface area contributed by atoms with Crippen LogP contribution in [0.1, 0.15) is 52.4 Å². The lowest BCUT2D eigenvalue weighted by Crippen LogP contribution is -2.57. The molecule has 7 heteroatoms. The molecule has 2 amide bonds. The lowest BCUT2D eigenvalue weighted by Gasteiger charge is -2.38. The monoisotopic (exact) mass is 361 g/mol. The lowest BCUT2D eigenvalue weighted by atomic mass is 9.83. The van der Waals surface area contributed by atoms with Crippen LogP contribution < -0.4 is 16.0 Å². The number of nitrogens with zero attached hydrogens (tertiary/aromatic N) is 2. The van der Waals surface area contributed by atoms with Crippen LogP contribution in [0.2, 0.25) is 0 Å². The summed E-state index contributed by atoms with van der Waals surface area (Å²) in [5.41, 5.74) is -0.623. The van der Waals surface area contributed by atoms with Gasteiger partial charge in [-0.05, 0) is 65.1 Å². The summed E-state index contributed by atoms with van der Waals surface area (Å²) in [5.74, 6) is 0.144. The molecular formula is C19H31N5O2. The van der Waals surface area contributed by atoms with E-state index in [0.29, 0.717) is 0 Å². The number of nitrogens with one attached hydrogen (secondary N) is 3. The number of aromatic nitrogens is 2. The van der Waals surface area contributed by atoms with E-state index < -0.39 is 5.54 Å². The fraction of sp³-hybridized carbons (Fsp3) is 0.737. The van der Waals surface area contributed by atoms with E-state index in [0.717, 1.165) is 51.6 Å². The number of hydrogen-bond acceptors (Lipinski definition) is 4. The Hall–Kier alpha value is -1.89. The predicted molar refractivity (Wildman–Crippen MR) is 99.5 cm³/mol. The van der Waals surface area contributed by atoms with Crippen LogP contribution in [0, 0.1) is 5.92 Å². The van der Waals surface area contributed by atoms with Gasteiger partial charge in [0.25, 0.3) is 0 Å². The van der Waals surface area contributed by atoms with E-state index in [4.69, 9.17) is 0 Å². The molecular weight excluding hydrogens is 330 g/mol. The van der Waals surface area contributed by atoms with Gasteiger partial charge in [-0.1, -0.05) is 6.42 Å². The minimum absolute atomic E-state index is 0.00914. The first-order valence-corrected chi connectivity index (χ1v) is 9.83. The maximum Gasteiger partial charge on any atom is 0.248 e. The molecule has 2 aliphatic rings. The molecule has 0 bridgehead atoms. The topological polar surface area (TPSA) is 88.1 Å². The molecule has 1 saturated carbocycles. The molecule has 1 aromatic rings. The first-order valence-electron chi connectivity index (χ1n) is 9.83. The van der Waals surface area contributed by atoms with Crippen molar-refractivity contribution in [1.82, 2.24) is 25.7 Å². The Morgan fingerprint density at radius 1 is 1.27 bits per heavy atom. The van der Waals surface area contributed by atoms with Crippen molar-refractivity contribution in [2.24, 2.45) is 5.92 Å². The first-order chi connectivity index (χ1) is 12.5. The SMILES string of the molecule is CC(C)NC(=O)C1CCCC(NC(=O)C2(n3cccn3)CCNCC2)C1. The van der Waals surface area contributed by atoms with Crippen molar-refractivity contribution in [3.05, 3.63) is 18.5 Å². The van der Waals surface area contributed by atoms with Crippen LogP contribution in [0.3, 0.4) is 0 Å². The van der Waals surface area contributed by atoms with Crippen molar-refractivity contribution in [3.63, 3.8) is 0 Å². The van der Waals surface area contributed by atoms with E-state index in [9.17, 15) is 9.59 Å². The Morgan fingerprint density at radius 3 is 2.69 bits per heavy atom. The van der Waals surface area contributed by atoms with E-state index in [1.54, 1.807) is 6.20 Å². The summed E-state index contributed by atoms with van der Waals surface area (Å²) in [4.78, 5) is 25.6. The van der Waals surface area contributed by atoms with E-state index in [2.05, 4.69) is 21.0 Å². The summed E-state index contributed by atoms with van der Waals surface area (Å²) < 4.78 is 1.81. The van der Waals surface area contributed by atoms with Gasteiger partial charge in [0, 0.05) is 30.4 Å². The van der Waals surface area contributed by atoms with Crippen molar-refractivity contribution in [2.75, 3.05) is 13.1 Å². The quantitative estimate of drug-likeness (QED) is 0.734. The molecule has 144 valence electrons. The average molecular weight is 361 g/mol. The number of carbonyl (C=O) groups excluding carboxylic acids is 2. The van der Waals surface area contributed by atoms with Crippen LogP contribution in [0.15, 0.2) is 18.5 Å². The molecule has 7 nitrogen and oxygen atoms in total. The van der Waals surface area contributed by atoms with Gasteiger partial charge in [0.05, 0.1) is 0 Å². The molecule has 2 unspecified atom stereocenters. The highest BCUT2D eigenvalue weighted by molar-refractivity contribution is 5.85. The normalized spacial score (nSPS) is 25.7. The van der Waals surface area contributed by atoms with Crippen molar-refractivity contribution >= 4 is 11.8 Å². The second-order valence-electron chi connectivity index (χ2n) is 7.93. The first kappa shape index (κ1) is 18.9. The molecule has 1 aliphatic carbocycles. The molecule has 26 heavy (non-hydrogen) atoms. The average Bonchev–Trinajstić information content (AvgIpc) is 3.17. The molecule has 3 rings (SSSR count). The minimum atomic E-state index is -0.623. The van der Waals surface area contributed by atoms with Gasteiger partial charge in [-0.2, -0.15) is 5.10 Å². The highest BCUT2D eigenvalue weighted by Gasteiger charge is 2.43. The van der Waals surface area contributed by atoms with Crippen molar-refractivity contribution in [1.29, 1.82) is 0 Å². The minimum Gasteiger partial charge on any atom is -0.354 e. The van der Waals surface area contributed by atoms with E-state index >= 15 is 0 Å². The second-order valence-corrected chi connectivity index (χ2v) is 7.93. The number of carbonyl (C=O) groups is 2. The van der Waals surface area contributed by atoms with Gasteiger partial charge in [0.15, 0.2) is 0 Å². The summed E-state index contributed by atoms with van der Waals surface area (Å²) in [5, 5.41) is 13.9. The number of rotatable bonds is 5. The number of amides is 2. The molecule has 0 aromatic carbocycles. The largest absolute Gasteiger partial charge is 0.354 e. The van der Waals surface area contributed by atoms with E-state index in [1.807, 2.05) is 30.8 Å². The highest BCUT2D eigenvalue weighted by atomic mass is 16.2. The second kappa shape index (κ2) is 8.20. The third kappa shape index (κ3) is 4.09. The maximum absolute atomic E-state index is 13.2. The molecule has 2 atom stereocenters. The molecule has 0 spiro atoms. The zero-order chi connectivity index (χ0) is 18.6. The van der Waals surface area contributed by atoms with Crippen LogP contribution >= 0.6 is 0 Å². The van der Waals surface area contributed by atoms with E-state index in [1.165, 1.54) is 0 Å². The molecule has 1 aromatic heterocycles. The van der Waals surface area contributed by atoms with Gasteiger partial charge in [0.1, 0.15) is 5.54 Å². The van der Waals surface area contributed by atoms with Crippen LogP contribution in [0.4, 0.5) is 0 Å². The van der Waals surface area contributed by atoms with Gasteiger partial charge in [0.2, 0.25) is 11.8 Å².